The number of rotatable bonds is 6. The minimum absolute atomic E-state index is 0.200. The molecule has 4 N–H and O–H groups in total. The minimum atomic E-state index is -1.35. The van der Waals surface area contributed by atoms with Crippen LogP contribution >= 0.6 is 0 Å². The maximum absolute atomic E-state index is 11.8. The molecule has 0 aliphatic rings. The molecule has 0 aliphatic heterocycles. The quantitative estimate of drug-likeness (QED) is 0.626. The second-order valence-corrected chi connectivity index (χ2v) is 4.33. The lowest BCUT2D eigenvalue weighted by molar-refractivity contribution is -0.140. The molecule has 0 aliphatic carbocycles. The highest BCUT2D eigenvalue weighted by Gasteiger charge is 2.22. The number of aromatic nitrogens is 1. The molecule has 108 valence electrons. The van der Waals surface area contributed by atoms with Crippen LogP contribution < -0.4 is 16.0 Å². The molecule has 0 saturated carbocycles. The third kappa shape index (κ3) is 4.23. The van der Waals surface area contributed by atoms with Crippen molar-refractivity contribution in [3.63, 3.8) is 0 Å². The molecule has 0 fully saturated rings. The topological polar surface area (TPSA) is 126 Å². The van der Waals surface area contributed by atoms with E-state index in [4.69, 9.17) is 10.8 Å². The smallest absolute Gasteiger partial charge is 0.326 e. The summed E-state index contributed by atoms with van der Waals surface area (Å²) in [7, 11) is 3.60. The van der Waals surface area contributed by atoms with E-state index in [1.54, 1.807) is 25.1 Å². The molecule has 1 aromatic rings. The van der Waals surface area contributed by atoms with Crippen LogP contribution in [0.25, 0.3) is 0 Å². The Morgan fingerprint density at radius 2 is 2.05 bits per heavy atom. The number of carbonyl (C=O) groups excluding carboxylic acids is 2. The average Bonchev–Trinajstić information content (AvgIpc) is 2.37. The number of anilines is 1. The van der Waals surface area contributed by atoms with Crippen LogP contribution in [0.5, 0.6) is 0 Å². The van der Waals surface area contributed by atoms with E-state index in [2.05, 4.69) is 10.3 Å². The number of carbonyl (C=O) groups is 3. The number of aliphatic carboxylic acids is 1. The van der Waals surface area contributed by atoms with Gasteiger partial charge >= 0.3 is 5.97 Å². The van der Waals surface area contributed by atoms with Gasteiger partial charge in [0.05, 0.1) is 12.0 Å². The predicted molar refractivity (Wildman–Crippen MR) is 71.3 cm³/mol. The highest BCUT2D eigenvalue weighted by Crippen LogP contribution is 2.08. The first kappa shape index (κ1) is 15.4. The summed E-state index contributed by atoms with van der Waals surface area (Å²) in [6.07, 6.45) is 0.859. The van der Waals surface area contributed by atoms with Crippen molar-refractivity contribution in [3.05, 3.63) is 23.9 Å². The Labute approximate surface area is 115 Å². The summed E-state index contributed by atoms with van der Waals surface area (Å²) in [5, 5.41) is 11.1. The summed E-state index contributed by atoms with van der Waals surface area (Å²) in [4.78, 5) is 39.3. The highest BCUT2D eigenvalue weighted by atomic mass is 16.4. The van der Waals surface area contributed by atoms with Gasteiger partial charge in [-0.15, -0.1) is 0 Å². The number of primary amides is 1. The van der Waals surface area contributed by atoms with Gasteiger partial charge in [0.25, 0.3) is 5.91 Å². The van der Waals surface area contributed by atoms with Crippen molar-refractivity contribution in [2.75, 3.05) is 19.0 Å². The van der Waals surface area contributed by atoms with Gasteiger partial charge in [-0.1, -0.05) is 0 Å². The molecule has 0 radical (unpaired) electrons. The first-order valence-corrected chi connectivity index (χ1v) is 5.76. The van der Waals surface area contributed by atoms with Crippen molar-refractivity contribution in [3.8, 4) is 0 Å². The minimum Gasteiger partial charge on any atom is -0.480 e. The average molecular weight is 280 g/mol. The van der Waals surface area contributed by atoms with Gasteiger partial charge in [0.1, 0.15) is 11.9 Å². The van der Waals surface area contributed by atoms with Crippen LogP contribution in [0.15, 0.2) is 18.3 Å². The lowest BCUT2D eigenvalue weighted by Gasteiger charge is -2.14. The summed E-state index contributed by atoms with van der Waals surface area (Å²) in [5.74, 6) is -2.10. The Kier molecular flexibility index (Phi) is 5.01. The van der Waals surface area contributed by atoms with E-state index in [0.29, 0.717) is 5.82 Å². The van der Waals surface area contributed by atoms with Gasteiger partial charge in [0.2, 0.25) is 5.91 Å². The van der Waals surface area contributed by atoms with Gasteiger partial charge in [0.15, 0.2) is 0 Å². The van der Waals surface area contributed by atoms with Crippen molar-refractivity contribution in [1.29, 1.82) is 0 Å². The van der Waals surface area contributed by atoms with Crippen molar-refractivity contribution in [2.24, 2.45) is 5.73 Å². The van der Waals surface area contributed by atoms with Crippen LogP contribution in [0.4, 0.5) is 5.82 Å². The summed E-state index contributed by atoms with van der Waals surface area (Å²) in [6, 6.07) is 1.79. The maximum Gasteiger partial charge on any atom is 0.326 e. The molecular weight excluding hydrogens is 264 g/mol. The van der Waals surface area contributed by atoms with Gasteiger partial charge in [0, 0.05) is 20.3 Å². The van der Waals surface area contributed by atoms with Gasteiger partial charge in [-0.3, -0.25) is 9.59 Å². The van der Waals surface area contributed by atoms with Crippen LogP contribution in [0.1, 0.15) is 16.8 Å². The Morgan fingerprint density at radius 3 is 2.45 bits per heavy atom. The largest absolute Gasteiger partial charge is 0.480 e. The number of amides is 2. The van der Waals surface area contributed by atoms with E-state index >= 15 is 0 Å². The van der Waals surface area contributed by atoms with E-state index in [1.165, 1.54) is 12.3 Å². The number of carboxylic acid groups (broad SMARTS) is 1. The van der Waals surface area contributed by atoms with Crippen LogP contribution in [0, 0.1) is 0 Å². The van der Waals surface area contributed by atoms with E-state index in [1.807, 2.05) is 0 Å². The SMILES string of the molecule is CN(C)c1ccc(C(=O)N[C@H](CC(N)=O)C(=O)O)cn1. The molecule has 0 bridgehead atoms. The van der Waals surface area contributed by atoms with E-state index < -0.39 is 30.2 Å². The third-order valence-corrected chi connectivity index (χ3v) is 2.48. The Balaban J connectivity index is 2.78. The Hall–Kier alpha value is -2.64. The monoisotopic (exact) mass is 280 g/mol. The van der Waals surface area contributed by atoms with Crippen molar-refractivity contribution in [2.45, 2.75) is 12.5 Å². The number of nitrogens with one attached hydrogen (secondary N) is 1. The number of carboxylic acids is 1. The fraction of sp³-hybridized carbons (Fsp3) is 0.333. The molecule has 8 nitrogen and oxygen atoms in total. The molecule has 1 rings (SSSR count). The van der Waals surface area contributed by atoms with Gasteiger partial charge < -0.3 is 21.1 Å². The molecule has 1 heterocycles. The van der Waals surface area contributed by atoms with Gasteiger partial charge in [-0.2, -0.15) is 0 Å². The number of hydrogen-bond donors (Lipinski definition) is 3. The van der Waals surface area contributed by atoms with Crippen molar-refractivity contribution < 1.29 is 19.5 Å². The normalized spacial score (nSPS) is 11.5. The van der Waals surface area contributed by atoms with Crippen LogP contribution in [0.2, 0.25) is 0 Å². The Bertz CT molecular complexity index is 513. The summed E-state index contributed by atoms with van der Waals surface area (Å²) in [6.45, 7) is 0. The first-order chi connectivity index (χ1) is 9.31. The van der Waals surface area contributed by atoms with Crippen LogP contribution in [-0.4, -0.2) is 48.0 Å². The zero-order valence-corrected chi connectivity index (χ0v) is 11.2. The lowest BCUT2D eigenvalue weighted by Crippen LogP contribution is -2.43. The van der Waals surface area contributed by atoms with E-state index in [9.17, 15) is 14.4 Å². The van der Waals surface area contributed by atoms with E-state index in [0.717, 1.165) is 0 Å². The number of nitrogens with two attached hydrogens (primary N) is 1. The van der Waals surface area contributed by atoms with Gasteiger partial charge in [-0.25, -0.2) is 9.78 Å². The standard InChI is InChI=1S/C12H16N4O4/c1-16(2)10-4-3-7(6-14-10)11(18)15-8(12(19)20)5-9(13)17/h3-4,6,8H,5H2,1-2H3,(H2,13,17)(H,15,18)(H,19,20)/t8-/m1/s1. The molecule has 1 atom stereocenters. The van der Waals surface area contributed by atoms with Crippen molar-refractivity contribution >= 4 is 23.6 Å². The second kappa shape index (κ2) is 6.50. The molecule has 8 heteroatoms. The molecular formula is C12H16N4O4. The summed E-state index contributed by atoms with van der Waals surface area (Å²) < 4.78 is 0. The maximum atomic E-state index is 11.8. The lowest BCUT2D eigenvalue weighted by atomic mass is 10.1. The molecule has 0 unspecified atom stereocenters. The molecule has 0 saturated heterocycles. The van der Waals surface area contributed by atoms with E-state index in [-0.39, 0.29) is 5.56 Å². The number of pyridine rings is 1. The molecule has 2 amide bonds. The molecule has 0 spiro atoms. The Morgan fingerprint density at radius 1 is 1.40 bits per heavy atom. The van der Waals surface area contributed by atoms with Crippen LogP contribution in [-0.2, 0) is 9.59 Å². The second-order valence-electron chi connectivity index (χ2n) is 4.33. The van der Waals surface area contributed by atoms with Gasteiger partial charge in [-0.05, 0) is 12.1 Å². The fourth-order valence-corrected chi connectivity index (χ4v) is 1.43. The molecule has 0 aromatic carbocycles. The third-order valence-electron chi connectivity index (χ3n) is 2.48. The number of hydrogen-bond acceptors (Lipinski definition) is 5. The van der Waals surface area contributed by atoms with Crippen LogP contribution in [0.3, 0.4) is 0 Å². The van der Waals surface area contributed by atoms with Crippen molar-refractivity contribution in [1.82, 2.24) is 10.3 Å². The highest BCUT2D eigenvalue weighted by molar-refractivity contribution is 5.97. The zero-order valence-electron chi connectivity index (χ0n) is 11.2. The summed E-state index contributed by atoms with van der Waals surface area (Å²) >= 11 is 0. The summed E-state index contributed by atoms with van der Waals surface area (Å²) in [5.41, 5.74) is 5.13. The molecule has 1 aromatic heterocycles. The zero-order chi connectivity index (χ0) is 15.3. The fourth-order valence-electron chi connectivity index (χ4n) is 1.43. The first-order valence-electron chi connectivity index (χ1n) is 5.76. The predicted octanol–water partition coefficient (Wildman–Crippen LogP) is -0.794. The number of nitrogens with zero attached hydrogens (tertiary/aromatic N) is 2. The molecule has 20 heavy (non-hydrogen) atoms.